The molecule has 0 unspecified atom stereocenters. The van der Waals surface area contributed by atoms with Crippen LogP contribution in [0.1, 0.15) is 38.2 Å². The molecule has 2 aromatic rings. The molecule has 1 heterocycles. The van der Waals surface area contributed by atoms with Crippen LogP contribution in [0.2, 0.25) is 5.02 Å². The second kappa shape index (κ2) is 8.81. The van der Waals surface area contributed by atoms with Crippen LogP contribution < -0.4 is 5.32 Å². The summed E-state index contributed by atoms with van der Waals surface area (Å²) in [5, 5.41) is 2.82. The van der Waals surface area contributed by atoms with Crippen LogP contribution in [0, 0.1) is 11.7 Å². The van der Waals surface area contributed by atoms with E-state index in [2.05, 4.69) is 19.2 Å². The first-order chi connectivity index (χ1) is 13.7. The minimum Gasteiger partial charge on any atom is -0.323 e. The van der Waals surface area contributed by atoms with Gasteiger partial charge in [-0.3, -0.25) is 4.79 Å². The zero-order valence-corrected chi connectivity index (χ0v) is 17.9. The fourth-order valence-corrected chi connectivity index (χ4v) is 4.99. The van der Waals surface area contributed by atoms with E-state index < -0.39 is 15.8 Å². The maximum absolute atomic E-state index is 13.9. The molecule has 0 atom stereocenters. The van der Waals surface area contributed by atoms with Gasteiger partial charge >= 0.3 is 0 Å². The van der Waals surface area contributed by atoms with Crippen LogP contribution >= 0.6 is 11.6 Å². The number of rotatable bonds is 5. The zero-order chi connectivity index (χ0) is 21.2. The van der Waals surface area contributed by atoms with Gasteiger partial charge in [0, 0.05) is 24.0 Å². The fraction of sp³-hybridized carbons (Fsp3) is 0.381. The fourth-order valence-electron chi connectivity index (χ4n) is 3.36. The molecular weight excluding hydrogens is 415 g/mol. The van der Waals surface area contributed by atoms with Crippen molar-refractivity contribution in [2.75, 3.05) is 18.4 Å². The predicted octanol–water partition coefficient (Wildman–Crippen LogP) is 4.64. The van der Waals surface area contributed by atoms with Crippen LogP contribution in [-0.2, 0) is 14.8 Å². The Morgan fingerprint density at radius 2 is 1.76 bits per heavy atom. The van der Waals surface area contributed by atoms with Crippen molar-refractivity contribution in [1.29, 1.82) is 0 Å². The number of anilines is 1. The Labute approximate surface area is 175 Å². The van der Waals surface area contributed by atoms with Gasteiger partial charge in [-0.05, 0) is 54.7 Å². The third-order valence-electron chi connectivity index (χ3n) is 5.20. The summed E-state index contributed by atoms with van der Waals surface area (Å²) < 4.78 is 41.0. The van der Waals surface area contributed by atoms with Crippen molar-refractivity contribution in [1.82, 2.24) is 4.31 Å². The molecule has 1 amide bonds. The summed E-state index contributed by atoms with van der Waals surface area (Å²) >= 11 is 5.72. The van der Waals surface area contributed by atoms with Crippen molar-refractivity contribution in [3.8, 4) is 0 Å². The molecule has 1 N–H and O–H groups in total. The molecule has 1 aliphatic rings. The minimum atomic E-state index is -3.60. The highest BCUT2D eigenvalue weighted by molar-refractivity contribution is 7.89. The molecule has 1 fully saturated rings. The highest BCUT2D eigenvalue weighted by atomic mass is 35.5. The Kier molecular flexibility index (Phi) is 6.61. The highest BCUT2D eigenvalue weighted by Gasteiger charge is 2.32. The summed E-state index contributed by atoms with van der Waals surface area (Å²) in [6.45, 7) is 4.59. The number of piperidine rings is 1. The highest BCUT2D eigenvalue weighted by Crippen LogP contribution is 2.27. The molecule has 1 aliphatic heterocycles. The van der Waals surface area contributed by atoms with Crippen LogP contribution in [0.4, 0.5) is 10.1 Å². The molecule has 156 valence electrons. The Morgan fingerprint density at radius 3 is 2.31 bits per heavy atom. The largest absolute Gasteiger partial charge is 0.323 e. The van der Waals surface area contributed by atoms with Gasteiger partial charge < -0.3 is 5.32 Å². The Morgan fingerprint density at radius 1 is 1.14 bits per heavy atom. The standard InChI is InChI=1S/C21H24ClFN2O3S/c1-14(2)15-3-6-18(7-4-15)29(27,28)25-11-9-16(10-12-25)21(26)24-20-8-5-17(22)13-19(20)23/h3-8,13-14,16H,9-12H2,1-2H3,(H,24,26). The van der Waals surface area contributed by atoms with Crippen molar-refractivity contribution >= 4 is 33.2 Å². The maximum Gasteiger partial charge on any atom is 0.243 e. The number of hydrogen-bond acceptors (Lipinski definition) is 3. The number of amides is 1. The first-order valence-corrected chi connectivity index (χ1v) is 11.4. The Hall–Kier alpha value is -1.96. The lowest BCUT2D eigenvalue weighted by atomic mass is 9.97. The molecule has 29 heavy (non-hydrogen) atoms. The van der Waals surface area contributed by atoms with Crippen LogP contribution in [0.15, 0.2) is 47.4 Å². The van der Waals surface area contributed by atoms with E-state index in [0.29, 0.717) is 18.8 Å². The number of benzene rings is 2. The van der Waals surface area contributed by atoms with Gasteiger partial charge in [0.05, 0.1) is 10.6 Å². The van der Waals surface area contributed by atoms with E-state index in [9.17, 15) is 17.6 Å². The lowest BCUT2D eigenvalue weighted by molar-refractivity contribution is -0.120. The molecule has 3 rings (SSSR count). The van der Waals surface area contributed by atoms with Crippen LogP contribution in [0.25, 0.3) is 0 Å². The Bertz CT molecular complexity index is 985. The quantitative estimate of drug-likeness (QED) is 0.739. The van der Waals surface area contributed by atoms with E-state index in [4.69, 9.17) is 11.6 Å². The number of nitrogens with zero attached hydrogens (tertiary/aromatic N) is 1. The summed E-state index contributed by atoms with van der Waals surface area (Å²) in [4.78, 5) is 12.7. The Balaban J connectivity index is 1.62. The van der Waals surface area contributed by atoms with Crippen molar-refractivity contribution in [2.24, 2.45) is 5.92 Å². The first kappa shape index (κ1) is 21.7. The van der Waals surface area contributed by atoms with Crippen LogP contribution in [-0.4, -0.2) is 31.7 Å². The normalized spacial score (nSPS) is 16.2. The predicted molar refractivity (Wildman–Crippen MR) is 112 cm³/mol. The average molecular weight is 439 g/mol. The van der Waals surface area contributed by atoms with E-state index in [1.807, 2.05) is 12.1 Å². The molecule has 0 radical (unpaired) electrons. The van der Waals surface area contributed by atoms with Crippen molar-refractivity contribution < 1.29 is 17.6 Å². The van der Waals surface area contributed by atoms with Crippen molar-refractivity contribution in [3.05, 3.63) is 58.9 Å². The molecule has 0 saturated carbocycles. The number of carbonyl (C=O) groups excluding carboxylic acids is 1. The van der Waals surface area contributed by atoms with Gasteiger partial charge in [-0.1, -0.05) is 37.6 Å². The number of sulfonamides is 1. The number of halogens is 2. The molecule has 8 heteroatoms. The van der Waals surface area contributed by atoms with Crippen molar-refractivity contribution in [2.45, 2.75) is 37.5 Å². The number of nitrogens with one attached hydrogen (secondary N) is 1. The topological polar surface area (TPSA) is 66.5 Å². The summed E-state index contributed by atoms with van der Waals surface area (Å²) in [7, 11) is -3.60. The van der Waals surface area contributed by atoms with Gasteiger partial charge in [-0.25, -0.2) is 12.8 Å². The van der Waals surface area contributed by atoms with E-state index in [-0.39, 0.29) is 40.5 Å². The van der Waals surface area contributed by atoms with Gasteiger partial charge in [0.25, 0.3) is 0 Å². The molecule has 2 aromatic carbocycles. The summed E-state index contributed by atoms with van der Waals surface area (Å²) in [6, 6.07) is 11.0. The van der Waals surface area contributed by atoms with Gasteiger partial charge in [-0.2, -0.15) is 4.31 Å². The summed E-state index contributed by atoms with van der Waals surface area (Å²) in [6.07, 6.45) is 0.759. The summed E-state index contributed by atoms with van der Waals surface area (Å²) in [5.41, 5.74) is 1.15. The second-order valence-electron chi connectivity index (χ2n) is 7.52. The summed E-state index contributed by atoms with van der Waals surface area (Å²) in [5.74, 6) is -0.966. The van der Waals surface area contributed by atoms with Crippen molar-refractivity contribution in [3.63, 3.8) is 0 Å². The second-order valence-corrected chi connectivity index (χ2v) is 9.89. The van der Waals surface area contributed by atoms with Gasteiger partial charge in [-0.15, -0.1) is 0 Å². The molecule has 0 aliphatic carbocycles. The molecule has 0 spiro atoms. The number of hydrogen-bond donors (Lipinski definition) is 1. The van der Waals surface area contributed by atoms with Crippen LogP contribution in [0.5, 0.6) is 0 Å². The molecule has 0 bridgehead atoms. The lowest BCUT2D eigenvalue weighted by Crippen LogP contribution is -2.41. The smallest absolute Gasteiger partial charge is 0.243 e. The molecule has 0 aromatic heterocycles. The van der Waals surface area contributed by atoms with Crippen LogP contribution in [0.3, 0.4) is 0 Å². The molecule has 5 nitrogen and oxygen atoms in total. The van der Waals surface area contributed by atoms with E-state index in [1.54, 1.807) is 12.1 Å². The molecule has 1 saturated heterocycles. The maximum atomic E-state index is 13.9. The monoisotopic (exact) mass is 438 g/mol. The van der Waals surface area contributed by atoms with E-state index >= 15 is 0 Å². The van der Waals surface area contributed by atoms with E-state index in [1.165, 1.54) is 16.4 Å². The average Bonchev–Trinajstić information content (AvgIpc) is 2.70. The van der Waals surface area contributed by atoms with E-state index in [0.717, 1.165) is 11.6 Å². The first-order valence-electron chi connectivity index (χ1n) is 9.54. The third kappa shape index (κ3) is 4.97. The molecular formula is C21H24ClFN2O3S. The van der Waals surface area contributed by atoms with Gasteiger partial charge in [0.15, 0.2) is 0 Å². The van der Waals surface area contributed by atoms with Gasteiger partial charge in [0.1, 0.15) is 5.82 Å². The third-order valence-corrected chi connectivity index (χ3v) is 7.35. The van der Waals surface area contributed by atoms with Gasteiger partial charge in [0.2, 0.25) is 15.9 Å². The number of carbonyl (C=O) groups is 1. The SMILES string of the molecule is CC(C)c1ccc(S(=O)(=O)N2CCC(C(=O)Nc3ccc(Cl)cc3F)CC2)cc1. The zero-order valence-electron chi connectivity index (χ0n) is 16.4. The minimum absolute atomic E-state index is 0.0692. The lowest BCUT2D eigenvalue weighted by Gasteiger charge is -2.30.